The van der Waals surface area contributed by atoms with Gasteiger partial charge < -0.3 is 5.32 Å². The number of carbonyl (C=O) groups excluding carboxylic acids is 1. The van der Waals surface area contributed by atoms with E-state index in [9.17, 15) is 4.79 Å². The van der Waals surface area contributed by atoms with Gasteiger partial charge in [-0.3, -0.25) is 4.79 Å². The zero-order chi connectivity index (χ0) is 21.5. The highest BCUT2D eigenvalue weighted by molar-refractivity contribution is 8.03. The summed E-state index contributed by atoms with van der Waals surface area (Å²) in [7, 11) is 0. The highest BCUT2D eigenvalue weighted by atomic mass is 32.2. The highest BCUT2D eigenvalue weighted by Gasteiger charge is 2.18. The van der Waals surface area contributed by atoms with Crippen LogP contribution in [0.2, 0.25) is 0 Å². The number of nitrogens with zero attached hydrogens (tertiary/aromatic N) is 3. The van der Waals surface area contributed by atoms with Crippen molar-refractivity contribution in [3.05, 3.63) is 65.2 Å². The van der Waals surface area contributed by atoms with Crippen molar-refractivity contribution < 1.29 is 4.79 Å². The number of hydrogen-bond donors (Lipinski definition) is 1. The van der Waals surface area contributed by atoms with Crippen LogP contribution in [0.15, 0.2) is 57.2 Å². The zero-order valence-electron chi connectivity index (χ0n) is 17.0. The average molecular weight is 455 g/mol. The standard InChI is InChI=1S/C22H22N4OS3/c1-14(2)17-10-8-16(9-11-17)13-28-21-25-26-22(30-21)29-15(3)20(27)24-19-7-5-4-6-18(19)12-23/h4-11,14-15H,13H2,1-3H3,(H,24,27). The van der Waals surface area contributed by atoms with E-state index in [4.69, 9.17) is 5.26 Å². The van der Waals surface area contributed by atoms with Gasteiger partial charge in [0.05, 0.1) is 16.5 Å². The molecule has 3 aromatic rings. The molecule has 0 aliphatic heterocycles. The molecular weight excluding hydrogens is 432 g/mol. The Morgan fingerprint density at radius 3 is 2.50 bits per heavy atom. The van der Waals surface area contributed by atoms with Crippen molar-refractivity contribution in [2.24, 2.45) is 0 Å². The lowest BCUT2D eigenvalue weighted by molar-refractivity contribution is -0.115. The molecule has 30 heavy (non-hydrogen) atoms. The number of thioether (sulfide) groups is 2. The predicted octanol–water partition coefficient (Wildman–Crippen LogP) is 5.94. The molecule has 0 fully saturated rings. The zero-order valence-corrected chi connectivity index (χ0v) is 19.4. The number of nitriles is 1. The monoisotopic (exact) mass is 454 g/mol. The van der Waals surface area contributed by atoms with Gasteiger partial charge in [0.15, 0.2) is 8.68 Å². The molecule has 0 radical (unpaired) electrons. The maximum atomic E-state index is 12.5. The molecule has 0 saturated carbocycles. The third-order valence-electron chi connectivity index (χ3n) is 4.35. The molecule has 2 aromatic carbocycles. The minimum atomic E-state index is -0.355. The van der Waals surface area contributed by atoms with Crippen molar-refractivity contribution in [1.29, 1.82) is 5.26 Å². The molecule has 0 saturated heterocycles. The summed E-state index contributed by atoms with van der Waals surface area (Å²) in [6.07, 6.45) is 0. The van der Waals surface area contributed by atoms with Crippen LogP contribution in [-0.4, -0.2) is 21.4 Å². The van der Waals surface area contributed by atoms with Gasteiger partial charge in [0.2, 0.25) is 5.91 Å². The third kappa shape index (κ3) is 6.08. The average Bonchev–Trinajstić information content (AvgIpc) is 3.20. The number of carbonyl (C=O) groups is 1. The van der Waals surface area contributed by atoms with Crippen LogP contribution in [0.1, 0.15) is 43.4 Å². The first kappa shape index (κ1) is 22.3. The minimum absolute atomic E-state index is 0.169. The van der Waals surface area contributed by atoms with Crippen LogP contribution >= 0.6 is 34.9 Å². The van der Waals surface area contributed by atoms with E-state index in [0.717, 1.165) is 14.4 Å². The number of benzene rings is 2. The lowest BCUT2D eigenvalue weighted by atomic mass is 10.0. The number of aromatic nitrogens is 2. The lowest BCUT2D eigenvalue weighted by Gasteiger charge is -2.11. The Balaban J connectivity index is 1.53. The summed E-state index contributed by atoms with van der Waals surface area (Å²) in [5, 5.41) is 20.1. The van der Waals surface area contributed by atoms with Gasteiger partial charge >= 0.3 is 0 Å². The lowest BCUT2D eigenvalue weighted by Crippen LogP contribution is -2.22. The number of anilines is 1. The van der Waals surface area contributed by atoms with Crippen LogP contribution < -0.4 is 5.32 Å². The van der Waals surface area contributed by atoms with Gasteiger partial charge in [0.25, 0.3) is 0 Å². The van der Waals surface area contributed by atoms with Crippen molar-refractivity contribution in [2.75, 3.05) is 5.32 Å². The van der Waals surface area contributed by atoms with Gasteiger partial charge in [-0.1, -0.05) is 85.1 Å². The van der Waals surface area contributed by atoms with E-state index >= 15 is 0 Å². The first-order valence-corrected chi connectivity index (χ1v) is 12.2. The Labute approximate surface area is 189 Å². The highest BCUT2D eigenvalue weighted by Crippen LogP contribution is 2.33. The quantitative estimate of drug-likeness (QED) is 0.424. The van der Waals surface area contributed by atoms with E-state index in [-0.39, 0.29) is 11.2 Å². The van der Waals surface area contributed by atoms with Crippen LogP contribution in [0.4, 0.5) is 5.69 Å². The van der Waals surface area contributed by atoms with E-state index in [1.165, 1.54) is 34.2 Å². The summed E-state index contributed by atoms with van der Waals surface area (Å²) in [5.74, 6) is 1.19. The van der Waals surface area contributed by atoms with Crippen LogP contribution in [-0.2, 0) is 10.5 Å². The number of rotatable bonds is 8. The third-order valence-corrected chi connectivity index (χ3v) is 7.66. The fourth-order valence-corrected chi connectivity index (χ4v) is 5.70. The van der Waals surface area contributed by atoms with Crippen LogP contribution in [0, 0.1) is 11.3 Å². The topological polar surface area (TPSA) is 78.7 Å². The Bertz CT molecular complexity index is 1040. The summed E-state index contributed by atoms with van der Waals surface area (Å²) >= 11 is 4.51. The normalized spacial score (nSPS) is 11.8. The Kier molecular flexibility index (Phi) is 7.91. The van der Waals surface area contributed by atoms with Crippen molar-refractivity contribution in [1.82, 2.24) is 10.2 Å². The molecule has 0 aliphatic rings. The summed E-state index contributed by atoms with van der Waals surface area (Å²) in [6, 6.07) is 17.7. The van der Waals surface area contributed by atoms with Crippen LogP contribution in [0.25, 0.3) is 0 Å². The van der Waals surface area contributed by atoms with Gasteiger partial charge in [-0.05, 0) is 36.1 Å². The number of para-hydroxylation sites is 1. The molecule has 1 atom stereocenters. The van der Waals surface area contributed by atoms with E-state index in [0.29, 0.717) is 17.2 Å². The van der Waals surface area contributed by atoms with Crippen LogP contribution in [0.3, 0.4) is 0 Å². The number of nitrogens with one attached hydrogen (secondary N) is 1. The summed E-state index contributed by atoms with van der Waals surface area (Å²) in [5.41, 5.74) is 3.55. The maximum Gasteiger partial charge on any atom is 0.237 e. The molecule has 1 aromatic heterocycles. The second-order valence-corrected chi connectivity index (χ2v) is 10.7. The van der Waals surface area contributed by atoms with E-state index < -0.39 is 0 Å². The van der Waals surface area contributed by atoms with Gasteiger partial charge in [0, 0.05) is 5.75 Å². The van der Waals surface area contributed by atoms with Gasteiger partial charge in [-0.15, -0.1) is 10.2 Å². The minimum Gasteiger partial charge on any atom is -0.324 e. The van der Waals surface area contributed by atoms with Gasteiger partial charge in [-0.25, -0.2) is 0 Å². The van der Waals surface area contributed by atoms with Crippen LogP contribution in [0.5, 0.6) is 0 Å². The SMILES string of the molecule is CC(Sc1nnc(SCc2ccc(C(C)C)cc2)s1)C(=O)Nc1ccccc1C#N. The molecule has 3 rings (SSSR count). The van der Waals surface area contributed by atoms with E-state index in [1.807, 2.05) is 6.92 Å². The number of amides is 1. The fourth-order valence-electron chi connectivity index (χ4n) is 2.58. The molecular formula is C22H22N4OS3. The summed E-state index contributed by atoms with van der Waals surface area (Å²) < 4.78 is 1.64. The molecule has 0 spiro atoms. The van der Waals surface area contributed by atoms with Gasteiger partial charge in [-0.2, -0.15) is 5.26 Å². The number of hydrogen-bond acceptors (Lipinski definition) is 7. The summed E-state index contributed by atoms with van der Waals surface area (Å²) in [6.45, 7) is 6.20. The first-order chi connectivity index (χ1) is 14.5. The molecule has 1 heterocycles. The Morgan fingerprint density at radius 1 is 1.10 bits per heavy atom. The van der Waals surface area contributed by atoms with E-state index in [1.54, 1.807) is 36.0 Å². The Morgan fingerprint density at radius 2 is 1.80 bits per heavy atom. The maximum absolute atomic E-state index is 12.5. The smallest absolute Gasteiger partial charge is 0.237 e. The molecule has 1 N–H and O–H groups in total. The largest absolute Gasteiger partial charge is 0.324 e. The molecule has 0 aliphatic carbocycles. The molecule has 0 bridgehead atoms. The second kappa shape index (κ2) is 10.6. The van der Waals surface area contributed by atoms with E-state index in [2.05, 4.69) is 59.7 Å². The first-order valence-electron chi connectivity index (χ1n) is 9.48. The second-order valence-electron chi connectivity index (χ2n) is 6.93. The Hall–Kier alpha value is -2.34. The molecule has 154 valence electrons. The van der Waals surface area contributed by atoms with Crippen molar-refractivity contribution >= 4 is 46.5 Å². The molecule has 5 nitrogen and oxygen atoms in total. The van der Waals surface area contributed by atoms with Crippen molar-refractivity contribution in [3.63, 3.8) is 0 Å². The predicted molar refractivity (Wildman–Crippen MR) is 125 cm³/mol. The van der Waals surface area contributed by atoms with Crippen molar-refractivity contribution in [3.8, 4) is 6.07 Å². The molecule has 1 unspecified atom stereocenters. The van der Waals surface area contributed by atoms with Gasteiger partial charge in [0.1, 0.15) is 6.07 Å². The van der Waals surface area contributed by atoms with Crippen molar-refractivity contribution in [2.45, 2.75) is 46.4 Å². The molecule has 8 heteroatoms. The fraction of sp³-hybridized carbons (Fsp3) is 0.273. The molecule has 1 amide bonds. The summed E-state index contributed by atoms with van der Waals surface area (Å²) in [4.78, 5) is 12.5.